The highest BCUT2D eigenvalue weighted by molar-refractivity contribution is 8.18. The maximum absolute atomic E-state index is 13.1. The summed E-state index contributed by atoms with van der Waals surface area (Å²) in [6.07, 6.45) is 1.55. The van der Waals surface area contributed by atoms with Gasteiger partial charge in [0, 0.05) is 40.1 Å². The SMILES string of the molecule is O=C(CN1C(=O)S/C(=C/c2cc(Cl)ccc2OCc2cccc(Cl)c2)C1=O)Nc1ccc(N2CCOCC2)cc1. The Morgan fingerprint density at radius 3 is 2.50 bits per heavy atom. The number of hydrogen-bond donors (Lipinski definition) is 1. The maximum Gasteiger partial charge on any atom is 0.294 e. The molecule has 40 heavy (non-hydrogen) atoms. The molecule has 0 radical (unpaired) electrons. The number of amides is 3. The molecule has 3 aromatic rings. The van der Waals surface area contributed by atoms with Crippen molar-refractivity contribution in [1.29, 1.82) is 0 Å². The Morgan fingerprint density at radius 2 is 1.75 bits per heavy atom. The Morgan fingerprint density at radius 1 is 1.00 bits per heavy atom. The summed E-state index contributed by atoms with van der Waals surface area (Å²) >= 11 is 13.0. The summed E-state index contributed by atoms with van der Waals surface area (Å²) < 4.78 is 11.3. The van der Waals surface area contributed by atoms with Crippen LogP contribution in [0.3, 0.4) is 0 Å². The second kappa shape index (κ2) is 12.8. The quantitative estimate of drug-likeness (QED) is 0.315. The monoisotopic (exact) mass is 597 g/mol. The third kappa shape index (κ3) is 6.98. The number of ether oxygens (including phenoxy) is 2. The van der Waals surface area contributed by atoms with E-state index in [1.54, 1.807) is 48.5 Å². The third-order valence-electron chi connectivity index (χ3n) is 6.24. The average molecular weight is 599 g/mol. The van der Waals surface area contributed by atoms with E-state index in [9.17, 15) is 14.4 Å². The Bertz CT molecular complexity index is 1460. The number of halogens is 2. The molecule has 2 saturated heterocycles. The van der Waals surface area contributed by atoms with Crippen LogP contribution < -0.4 is 15.0 Å². The van der Waals surface area contributed by atoms with Gasteiger partial charge in [-0.2, -0.15) is 0 Å². The number of imide groups is 1. The fraction of sp³-hybridized carbons (Fsp3) is 0.207. The highest BCUT2D eigenvalue weighted by Gasteiger charge is 2.36. The first-order valence-electron chi connectivity index (χ1n) is 12.5. The first kappa shape index (κ1) is 28.0. The molecule has 8 nitrogen and oxygen atoms in total. The molecule has 5 rings (SSSR count). The first-order chi connectivity index (χ1) is 19.4. The van der Waals surface area contributed by atoms with Gasteiger partial charge >= 0.3 is 0 Å². The average Bonchev–Trinajstić information content (AvgIpc) is 3.20. The fourth-order valence-electron chi connectivity index (χ4n) is 4.25. The van der Waals surface area contributed by atoms with Crippen molar-refractivity contribution in [1.82, 2.24) is 4.90 Å². The van der Waals surface area contributed by atoms with Gasteiger partial charge in [-0.25, -0.2) is 0 Å². The lowest BCUT2D eigenvalue weighted by Gasteiger charge is -2.28. The molecule has 11 heteroatoms. The van der Waals surface area contributed by atoms with E-state index in [0.717, 1.165) is 41.0 Å². The number of benzene rings is 3. The number of anilines is 2. The van der Waals surface area contributed by atoms with Gasteiger partial charge in [0.2, 0.25) is 5.91 Å². The van der Waals surface area contributed by atoms with Crippen LogP contribution in [-0.2, 0) is 20.9 Å². The van der Waals surface area contributed by atoms with E-state index < -0.39 is 23.6 Å². The number of morpholine rings is 1. The predicted octanol–water partition coefficient (Wildman–Crippen LogP) is 6.08. The molecule has 2 heterocycles. The van der Waals surface area contributed by atoms with Gasteiger partial charge in [0.05, 0.1) is 18.1 Å². The molecular formula is C29H25Cl2N3O5S. The largest absolute Gasteiger partial charge is 0.488 e. The summed E-state index contributed by atoms with van der Waals surface area (Å²) in [5, 5.41) is 3.26. The summed E-state index contributed by atoms with van der Waals surface area (Å²) in [5.74, 6) is -0.556. The van der Waals surface area contributed by atoms with Crippen molar-refractivity contribution in [3.63, 3.8) is 0 Å². The normalized spacial score (nSPS) is 16.5. The molecule has 2 fully saturated rings. The van der Waals surface area contributed by atoms with Crippen molar-refractivity contribution in [3.05, 3.63) is 92.8 Å². The van der Waals surface area contributed by atoms with Gasteiger partial charge in [0.15, 0.2) is 0 Å². The lowest BCUT2D eigenvalue weighted by Crippen LogP contribution is -2.36. The summed E-state index contributed by atoms with van der Waals surface area (Å²) in [6.45, 7) is 2.82. The predicted molar refractivity (Wildman–Crippen MR) is 158 cm³/mol. The van der Waals surface area contributed by atoms with E-state index in [1.807, 2.05) is 24.3 Å². The number of nitrogens with zero attached hydrogens (tertiary/aromatic N) is 2. The summed E-state index contributed by atoms with van der Waals surface area (Å²) in [6, 6.07) is 19.7. The summed E-state index contributed by atoms with van der Waals surface area (Å²) in [4.78, 5) is 41.7. The number of rotatable bonds is 8. The van der Waals surface area contributed by atoms with E-state index in [-0.39, 0.29) is 11.5 Å². The Balaban J connectivity index is 1.23. The molecule has 0 aliphatic carbocycles. The molecule has 0 spiro atoms. The van der Waals surface area contributed by atoms with Gasteiger partial charge in [-0.05, 0) is 78.0 Å². The Labute approximate surface area is 245 Å². The smallest absolute Gasteiger partial charge is 0.294 e. The molecule has 2 aliphatic heterocycles. The molecule has 0 aromatic heterocycles. The molecule has 1 N–H and O–H groups in total. The molecule has 3 aromatic carbocycles. The van der Waals surface area contributed by atoms with Gasteiger partial charge in [-0.15, -0.1) is 0 Å². The first-order valence-corrected chi connectivity index (χ1v) is 14.1. The van der Waals surface area contributed by atoms with Gasteiger partial charge in [-0.1, -0.05) is 35.3 Å². The van der Waals surface area contributed by atoms with E-state index in [4.69, 9.17) is 32.7 Å². The molecule has 0 bridgehead atoms. The number of carbonyl (C=O) groups is 3. The topological polar surface area (TPSA) is 88.2 Å². The van der Waals surface area contributed by atoms with Crippen molar-refractivity contribution < 1.29 is 23.9 Å². The molecule has 2 aliphatic rings. The number of carbonyl (C=O) groups excluding carboxylic acids is 3. The van der Waals surface area contributed by atoms with Crippen LogP contribution >= 0.6 is 35.0 Å². The minimum Gasteiger partial charge on any atom is -0.488 e. The van der Waals surface area contributed by atoms with Crippen molar-refractivity contribution in [2.45, 2.75) is 6.61 Å². The second-order valence-electron chi connectivity index (χ2n) is 9.06. The molecule has 3 amide bonds. The second-order valence-corrected chi connectivity index (χ2v) is 10.9. The Kier molecular flexibility index (Phi) is 8.96. The minimum atomic E-state index is -0.561. The van der Waals surface area contributed by atoms with Crippen LogP contribution in [0, 0.1) is 0 Å². The zero-order valence-electron chi connectivity index (χ0n) is 21.3. The van der Waals surface area contributed by atoms with Crippen molar-refractivity contribution >= 4 is 69.5 Å². The molecule has 0 saturated carbocycles. The maximum atomic E-state index is 13.1. The zero-order chi connectivity index (χ0) is 28.1. The number of nitrogens with one attached hydrogen (secondary N) is 1. The third-order valence-corrected chi connectivity index (χ3v) is 7.62. The highest BCUT2D eigenvalue weighted by atomic mass is 35.5. The lowest BCUT2D eigenvalue weighted by molar-refractivity contribution is -0.127. The Hall–Kier alpha value is -3.50. The van der Waals surface area contributed by atoms with E-state index >= 15 is 0 Å². The lowest BCUT2D eigenvalue weighted by atomic mass is 10.1. The zero-order valence-corrected chi connectivity index (χ0v) is 23.6. The van der Waals surface area contributed by atoms with Crippen LogP contribution in [0.25, 0.3) is 6.08 Å². The van der Waals surface area contributed by atoms with Crippen LogP contribution in [0.4, 0.5) is 16.2 Å². The standard InChI is InChI=1S/C29H25Cl2N3O5S/c30-21-3-1-2-19(14-21)18-39-25-9-4-22(31)15-20(25)16-26-28(36)34(29(37)40-26)17-27(35)32-23-5-7-24(8-6-23)33-10-12-38-13-11-33/h1-9,14-16H,10-13,17-18H2,(H,32,35)/b26-16+. The molecule has 206 valence electrons. The summed E-state index contributed by atoms with van der Waals surface area (Å²) in [5.41, 5.74) is 3.01. The van der Waals surface area contributed by atoms with Crippen molar-refractivity contribution in [2.75, 3.05) is 43.1 Å². The van der Waals surface area contributed by atoms with Crippen molar-refractivity contribution in [3.8, 4) is 5.75 Å². The van der Waals surface area contributed by atoms with E-state index in [0.29, 0.717) is 40.3 Å². The van der Waals surface area contributed by atoms with Gasteiger partial charge < -0.3 is 19.7 Å². The van der Waals surface area contributed by atoms with Crippen LogP contribution in [0.1, 0.15) is 11.1 Å². The minimum absolute atomic E-state index is 0.169. The molecule has 0 unspecified atom stereocenters. The fourth-order valence-corrected chi connectivity index (χ4v) is 5.47. The van der Waals surface area contributed by atoms with Gasteiger partial charge in [0.25, 0.3) is 11.1 Å². The van der Waals surface area contributed by atoms with Gasteiger partial charge in [0.1, 0.15) is 18.9 Å². The number of hydrogen-bond acceptors (Lipinski definition) is 7. The molecular weight excluding hydrogens is 573 g/mol. The summed E-state index contributed by atoms with van der Waals surface area (Å²) in [7, 11) is 0. The van der Waals surface area contributed by atoms with Crippen LogP contribution in [0.2, 0.25) is 10.0 Å². The van der Waals surface area contributed by atoms with Crippen LogP contribution in [0.5, 0.6) is 5.75 Å². The van der Waals surface area contributed by atoms with Crippen LogP contribution in [-0.4, -0.2) is 54.8 Å². The van der Waals surface area contributed by atoms with E-state index in [1.165, 1.54) is 0 Å². The van der Waals surface area contributed by atoms with Crippen LogP contribution in [0.15, 0.2) is 71.6 Å². The number of thioether (sulfide) groups is 1. The highest BCUT2D eigenvalue weighted by Crippen LogP contribution is 2.35. The van der Waals surface area contributed by atoms with Crippen molar-refractivity contribution in [2.24, 2.45) is 0 Å². The van der Waals surface area contributed by atoms with E-state index in [2.05, 4.69) is 10.2 Å². The molecule has 0 atom stereocenters. The van der Waals surface area contributed by atoms with Gasteiger partial charge in [-0.3, -0.25) is 19.3 Å².